The van der Waals surface area contributed by atoms with Crippen LogP contribution in [0.2, 0.25) is 0 Å². The Morgan fingerprint density at radius 2 is 1.77 bits per heavy atom. The molecular formula is C21H29N3O2. The fraction of sp³-hybridized carbons (Fsp3) is 0.619. The Labute approximate surface area is 155 Å². The maximum atomic E-state index is 13.1. The van der Waals surface area contributed by atoms with E-state index in [-0.39, 0.29) is 23.8 Å². The Morgan fingerprint density at radius 3 is 2.50 bits per heavy atom. The fourth-order valence-electron chi connectivity index (χ4n) is 5.21. The van der Waals surface area contributed by atoms with E-state index in [1.807, 2.05) is 41.0 Å². The summed E-state index contributed by atoms with van der Waals surface area (Å²) < 4.78 is 0. The average molecular weight is 355 g/mol. The molecule has 2 aliphatic carbocycles. The topological polar surface area (TPSA) is 66.6 Å². The molecule has 4 unspecified atom stereocenters. The maximum absolute atomic E-state index is 13.1. The van der Waals surface area contributed by atoms with Gasteiger partial charge in [0, 0.05) is 37.8 Å². The third-order valence-electron chi connectivity index (χ3n) is 6.63. The van der Waals surface area contributed by atoms with Crippen LogP contribution in [0.25, 0.3) is 0 Å². The van der Waals surface area contributed by atoms with E-state index in [1.54, 1.807) is 0 Å². The van der Waals surface area contributed by atoms with Crippen LogP contribution in [-0.4, -0.2) is 53.8 Å². The summed E-state index contributed by atoms with van der Waals surface area (Å²) in [5.41, 5.74) is 8.19. The summed E-state index contributed by atoms with van der Waals surface area (Å²) in [6, 6.07) is 7.77. The maximum Gasteiger partial charge on any atom is 0.253 e. The van der Waals surface area contributed by atoms with Gasteiger partial charge in [-0.15, -0.1) is 0 Å². The van der Waals surface area contributed by atoms with Crippen LogP contribution >= 0.6 is 0 Å². The van der Waals surface area contributed by atoms with E-state index >= 15 is 0 Å². The molecular weight excluding hydrogens is 326 g/mol. The van der Waals surface area contributed by atoms with Gasteiger partial charge in [-0.05, 0) is 56.6 Å². The predicted octanol–water partition coefficient (Wildman–Crippen LogP) is 2.04. The van der Waals surface area contributed by atoms with E-state index in [1.165, 1.54) is 6.42 Å². The van der Waals surface area contributed by atoms with Crippen LogP contribution in [-0.2, 0) is 4.79 Å². The predicted molar refractivity (Wildman–Crippen MR) is 101 cm³/mol. The summed E-state index contributed by atoms with van der Waals surface area (Å²) in [6.07, 6.45) is 4.30. The lowest BCUT2D eigenvalue weighted by Gasteiger charge is -2.32. The number of nitrogens with zero attached hydrogens (tertiary/aromatic N) is 2. The van der Waals surface area contributed by atoms with Gasteiger partial charge in [0.25, 0.3) is 5.91 Å². The molecule has 2 amide bonds. The van der Waals surface area contributed by atoms with Gasteiger partial charge in [0.1, 0.15) is 0 Å². The summed E-state index contributed by atoms with van der Waals surface area (Å²) in [5, 5.41) is 0. The Balaban J connectivity index is 1.40. The van der Waals surface area contributed by atoms with Gasteiger partial charge in [-0.2, -0.15) is 0 Å². The minimum absolute atomic E-state index is 0.00720. The molecule has 1 aromatic carbocycles. The zero-order valence-corrected chi connectivity index (χ0v) is 15.6. The molecule has 4 rings (SSSR count). The molecule has 0 aromatic heterocycles. The minimum atomic E-state index is 0.00720. The number of carbonyl (C=O) groups is 2. The summed E-state index contributed by atoms with van der Waals surface area (Å²) >= 11 is 0. The van der Waals surface area contributed by atoms with Crippen LogP contribution < -0.4 is 5.73 Å². The largest absolute Gasteiger partial charge is 0.341 e. The summed E-state index contributed by atoms with van der Waals surface area (Å²) in [5.74, 6) is 1.33. The van der Waals surface area contributed by atoms with Crippen LogP contribution in [0.1, 0.15) is 41.6 Å². The highest BCUT2D eigenvalue weighted by atomic mass is 16.2. The van der Waals surface area contributed by atoms with Crippen LogP contribution in [0, 0.1) is 24.7 Å². The van der Waals surface area contributed by atoms with Crippen molar-refractivity contribution in [3.8, 4) is 0 Å². The molecule has 4 atom stereocenters. The molecule has 2 saturated carbocycles. The molecule has 2 N–H and O–H groups in total. The quantitative estimate of drug-likeness (QED) is 0.883. The molecule has 2 bridgehead atoms. The van der Waals surface area contributed by atoms with Crippen molar-refractivity contribution in [3.05, 3.63) is 35.4 Å². The molecule has 3 fully saturated rings. The fourth-order valence-corrected chi connectivity index (χ4v) is 5.21. The summed E-state index contributed by atoms with van der Waals surface area (Å²) in [4.78, 5) is 29.7. The number of hydrogen-bond donors (Lipinski definition) is 1. The number of aryl methyl sites for hydroxylation is 1. The van der Waals surface area contributed by atoms with E-state index in [2.05, 4.69) is 0 Å². The van der Waals surface area contributed by atoms with E-state index < -0.39 is 0 Å². The lowest BCUT2D eigenvalue weighted by molar-refractivity contribution is -0.137. The lowest BCUT2D eigenvalue weighted by Crippen LogP contribution is -2.48. The molecule has 5 heteroatoms. The zero-order valence-electron chi connectivity index (χ0n) is 15.6. The number of amides is 2. The average Bonchev–Trinajstić information content (AvgIpc) is 3.13. The van der Waals surface area contributed by atoms with Gasteiger partial charge in [-0.3, -0.25) is 9.59 Å². The van der Waals surface area contributed by atoms with Crippen molar-refractivity contribution in [2.24, 2.45) is 23.5 Å². The van der Waals surface area contributed by atoms with Crippen molar-refractivity contribution < 1.29 is 9.59 Å². The molecule has 140 valence electrons. The zero-order chi connectivity index (χ0) is 18.3. The third-order valence-corrected chi connectivity index (χ3v) is 6.63. The van der Waals surface area contributed by atoms with E-state index in [9.17, 15) is 9.59 Å². The molecule has 0 spiro atoms. The first-order chi connectivity index (χ1) is 12.5. The molecule has 0 radical (unpaired) electrons. The summed E-state index contributed by atoms with van der Waals surface area (Å²) in [7, 11) is 0. The normalized spacial score (nSPS) is 31.2. The van der Waals surface area contributed by atoms with Gasteiger partial charge in [-0.25, -0.2) is 0 Å². The Morgan fingerprint density at radius 1 is 1.04 bits per heavy atom. The second-order valence-corrected chi connectivity index (χ2v) is 8.28. The van der Waals surface area contributed by atoms with E-state index in [4.69, 9.17) is 5.73 Å². The Kier molecular flexibility index (Phi) is 4.74. The standard InChI is InChI=1S/C21H29N3O2/c1-14-4-2-5-17(12-14)20(25)23-8-3-9-24(11-10-23)21(26)18-15-6-7-16(13-15)19(18)22/h2,4-5,12,15-16,18-19H,3,6-11,13,22H2,1H3. The minimum Gasteiger partial charge on any atom is -0.341 e. The number of fused-ring (bicyclic) bond motifs is 2. The van der Waals surface area contributed by atoms with Gasteiger partial charge in [0.15, 0.2) is 0 Å². The van der Waals surface area contributed by atoms with Crippen molar-refractivity contribution in [1.82, 2.24) is 9.80 Å². The first-order valence-electron chi connectivity index (χ1n) is 9.95. The van der Waals surface area contributed by atoms with Gasteiger partial charge < -0.3 is 15.5 Å². The first-order valence-corrected chi connectivity index (χ1v) is 9.95. The SMILES string of the molecule is Cc1cccc(C(=O)N2CCCN(C(=O)C3C4CCC(C4)C3N)CC2)c1. The highest BCUT2D eigenvalue weighted by molar-refractivity contribution is 5.94. The summed E-state index contributed by atoms with van der Waals surface area (Å²) in [6.45, 7) is 4.67. The Bertz CT molecular complexity index is 702. The number of hydrogen-bond acceptors (Lipinski definition) is 3. The number of carbonyl (C=O) groups excluding carboxylic acids is 2. The van der Waals surface area contributed by atoms with Crippen molar-refractivity contribution in [1.29, 1.82) is 0 Å². The van der Waals surface area contributed by atoms with Crippen molar-refractivity contribution in [2.45, 2.75) is 38.6 Å². The molecule has 1 saturated heterocycles. The molecule has 1 aromatic rings. The number of rotatable bonds is 2. The molecule has 1 aliphatic heterocycles. The van der Waals surface area contributed by atoms with Gasteiger partial charge in [-0.1, -0.05) is 17.7 Å². The van der Waals surface area contributed by atoms with E-state index in [0.29, 0.717) is 31.5 Å². The highest BCUT2D eigenvalue weighted by Crippen LogP contribution is 2.48. The van der Waals surface area contributed by atoms with Crippen molar-refractivity contribution in [2.75, 3.05) is 26.2 Å². The number of nitrogens with two attached hydrogens (primary N) is 1. The monoisotopic (exact) mass is 355 g/mol. The van der Waals surface area contributed by atoms with Gasteiger partial charge in [0.2, 0.25) is 5.91 Å². The van der Waals surface area contributed by atoms with Crippen LogP contribution in [0.15, 0.2) is 24.3 Å². The second-order valence-electron chi connectivity index (χ2n) is 8.28. The van der Waals surface area contributed by atoms with Crippen molar-refractivity contribution in [3.63, 3.8) is 0 Å². The molecule has 26 heavy (non-hydrogen) atoms. The van der Waals surface area contributed by atoms with Gasteiger partial charge >= 0.3 is 0 Å². The lowest BCUT2D eigenvalue weighted by atomic mass is 9.84. The highest BCUT2D eigenvalue weighted by Gasteiger charge is 2.50. The molecule has 5 nitrogen and oxygen atoms in total. The van der Waals surface area contributed by atoms with Gasteiger partial charge in [0.05, 0.1) is 5.92 Å². The Hall–Kier alpha value is -1.88. The van der Waals surface area contributed by atoms with Crippen LogP contribution in [0.5, 0.6) is 0 Å². The smallest absolute Gasteiger partial charge is 0.253 e. The van der Waals surface area contributed by atoms with Crippen LogP contribution in [0.4, 0.5) is 0 Å². The molecule has 1 heterocycles. The molecule has 3 aliphatic rings. The first kappa shape index (κ1) is 17.5. The van der Waals surface area contributed by atoms with Crippen LogP contribution in [0.3, 0.4) is 0 Å². The second kappa shape index (κ2) is 7.03. The van der Waals surface area contributed by atoms with E-state index in [0.717, 1.165) is 36.9 Å². The third kappa shape index (κ3) is 3.13. The van der Waals surface area contributed by atoms with Crippen molar-refractivity contribution >= 4 is 11.8 Å². The number of benzene rings is 1.